The normalized spacial score (nSPS) is 19.4. The predicted octanol–water partition coefficient (Wildman–Crippen LogP) is 5.99. The molecule has 0 nitrogen and oxygen atoms in total. The van der Waals surface area contributed by atoms with Gasteiger partial charge in [0.15, 0.2) is 0 Å². The highest BCUT2D eigenvalue weighted by Gasteiger charge is 2.40. The zero-order valence-electron chi connectivity index (χ0n) is 13.8. The van der Waals surface area contributed by atoms with Gasteiger partial charge in [-0.1, -0.05) is 6.92 Å². The summed E-state index contributed by atoms with van der Waals surface area (Å²) in [5, 5.41) is 4.18. The van der Waals surface area contributed by atoms with Gasteiger partial charge in [0, 0.05) is 58.3 Å². The van der Waals surface area contributed by atoms with Gasteiger partial charge < -0.3 is 0 Å². The fourth-order valence-electron chi connectivity index (χ4n) is 2.40. The van der Waals surface area contributed by atoms with Crippen LogP contribution < -0.4 is 0 Å². The Balaban J connectivity index is 5.61. The van der Waals surface area contributed by atoms with Crippen LogP contribution in [0, 0.1) is 5.92 Å². The van der Waals surface area contributed by atoms with Crippen molar-refractivity contribution in [1.29, 1.82) is 0 Å². The maximum absolute atomic E-state index is 5.11. The molecule has 25 heavy (non-hydrogen) atoms. The molecule has 0 heterocycles. The first-order chi connectivity index (χ1) is 11.9. The topological polar surface area (TPSA) is 0 Å². The first kappa shape index (κ1) is 29.2. The lowest BCUT2D eigenvalue weighted by Gasteiger charge is -2.40. The van der Waals surface area contributed by atoms with E-state index in [1.54, 1.807) is 0 Å². The van der Waals surface area contributed by atoms with Crippen LogP contribution in [0.1, 0.15) is 6.92 Å². The first-order valence-electron chi connectivity index (χ1n) is 7.44. The van der Waals surface area contributed by atoms with Crippen molar-refractivity contribution in [3.05, 3.63) is 0 Å². The molecule has 0 aliphatic carbocycles. The number of hydrogen-bond donors (Lipinski definition) is 8. The zero-order chi connectivity index (χ0) is 19.4. The van der Waals surface area contributed by atoms with Gasteiger partial charge in [0.05, 0.1) is 4.58 Å². The van der Waals surface area contributed by atoms with E-state index in [1.807, 2.05) is 47.0 Å². The smallest absolute Gasteiger partial charge is 0.0568 e. The Labute approximate surface area is 215 Å². The minimum atomic E-state index is 0.154. The second-order valence-corrected chi connectivity index (χ2v) is 15.3. The Kier molecular flexibility index (Phi) is 20.8. The van der Waals surface area contributed by atoms with Gasteiger partial charge in [0.25, 0.3) is 0 Å². The van der Waals surface area contributed by atoms with Crippen LogP contribution in [0.5, 0.6) is 0 Å². The third kappa shape index (κ3) is 10.9. The highest BCUT2D eigenvalue weighted by molar-refractivity contribution is 8.23. The molecule has 0 fully saturated rings. The van der Waals surface area contributed by atoms with E-state index in [4.69, 9.17) is 37.9 Å². The fourth-order valence-corrected chi connectivity index (χ4v) is 12.5. The van der Waals surface area contributed by atoms with E-state index in [0.717, 1.165) is 26.1 Å². The first-order valence-corrected chi connectivity index (χ1v) is 16.3. The lowest BCUT2D eigenvalue weighted by molar-refractivity contribution is 0.521. The maximum atomic E-state index is 5.11. The van der Waals surface area contributed by atoms with Crippen LogP contribution in [0.25, 0.3) is 0 Å². The summed E-state index contributed by atoms with van der Waals surface area (Å²) in [5.41, 5.74) is 0. The molecule has 0 aromatic carbocycles. The van der Waals surface area contributed by atoms with Gasteiger partial charge in [-0.05, 0) is 0 Å². The highest BCUT2D eigenvalue weighted by Crippen LogP contribution is 2.44. The lowest BCUT2D eigenvalue weighted by Crippen LogP contribution is -2.45. The number of hydrogen-bond acceptors (Lipinski definition) is 12. The van der Waals surface area contributed by atoms with Crippen molar-refractivity contribution in [2.45, 2.75) is 37.8 Å². The molecule has 0 aromatic heterocycles. The molecule has 0 aliphatic heterocycles. The second-order valence-electron chi connectivity index (χ2n) is 5.04. The van der Waals surface area contributed by atoms with Crippen LogP contribution in [-0.4, -0.2) is 56.9 Å². The van der Waals surface area contributed by atoms with Crippen molar-refractivity contribution in [2.75, 3.05) is 26.1 Å². The predicted molar refractivity (Wildman–Crippen MR) is 158 cm³/mol. The van der Waals surface area contributed by atoms with Gasteiger partial charge in [-0.3, -0.25) is 0 Å². The van der Waals surface area contributed by atoms with Crippen LogP contribution >= 0.6 is 148 Å². The molecule has 0 N–H and O–H groups in total. The SMILES string of the molecule is CC(S)C(C(SCS)SCS)C(S)C(SCS)C(SCS)C(S)CS. The molecular formula is C13H28S12. The quantitative estimate of drug-likeness (QED) is 0.0902. The second kappa shape index (κ2) is 17.8. The van der Waals surface area contributed by atoms with Crippen molar-refractivity contribution in [1.82, 2.24) is 0 Å². The molecule has 0 aromatic rings. The van der Waals surface area contributed by atoms with Crippen LogP contribution in [0.15, 0.2) is 0 Å². The largest absolute Gasteiger partial charge is 0.178 e. The molecule has 0 radical (unpaired) electrons. The van der Waals surface area contributed by atoms with Crippen molar-refractivity contribution in [3.63, 3.8) is 0 Å². The molecule has 0 rings (SSSR count). The fraction of sp³-hybridized carbons (Fsp3) is 1.00. The Morgan fingerprint density at radius 3 is 1.48 bits per heavy atom. The summed E-state index contributed by atoms with van der Waals surface area (Å²) in [6.45, 7) is 2.15. The van der Waals surface area contributed by atoms with E-state index < -0.39 is 0 Å². The summed E-state index contributed by atoms with van der Waals surface area (Å²) in [6, 6.07) is 0. The van der Waals surface area contributed by atoms with E-state index in [0.29, 0.717) is 15.7 Å². The summed E-state index contributed by atoms with van der Waals surface area (Å²) >= 11 is 44.2. The number of thioether (sulfide) groups is 4. The minimum Gasteiger partial charge on any atom is -0.178 e. The van der Waals surface area contributed by atoms with E-state index in [2.05, 4.69) is 70.1 Å². The number of rotatable bonds is 15. The average Bonchev–Trinajstić information content (AvgIpc) is 2.57. The van der Waals surface area contributed by atoms with Crippen LogP contribution in [-0.2, 0) is 0 Å². The molecule has 0 saturated carbocycles. The Hall–Kier alpha value is 4.20. The van der Waals surface area contributed by atoms with E-state index in [9.17, 15) is 0 Å². The Morgan fingerprint density at radius 2 is 1.12 bits per heavy atom. The number of thiol groups is 8. The monoisotopic (exact) mass is 568 g/mol. The summed E-state index contributed by atoms with van der Waals surface area (Å²) in [7, 11) is 0. The minimum absolute atomic E-state index is 0.154. The van der Waals surface area contributed by atoms with E-state index >= 15 is 0 Å². The molecule has 152 valence electrons. The molecule has 0 saturated heterocycles. The molecule has 0 aliphatic rings. The summed E-state index contributed by atoms with van der Waals surface area (Å²) < 4.78 is 0.351. The summed E-state index contributed by atoms with van der Waals surface area (Å²) in [6.07, 6.45) is 0. The van der Waals surface area contributed by atoms with Crippen LogP contribution in [0.2, 0.25) is 0 Å². The third-order valence-corrected chi connectivity index (χ3v) is 12.7. The zero-order valence-corrected chi connectivity index (χ0v) is 24.2. The van der Waals surface area contributed by atoms with Crippen molar-refractivity contribution < 1.29 is 0 Å². The molecule has 0 spiro atoms. The van der Waals surface area contributed by atoms with E-state index in [1.165, 1.54) is 0 Å². The van der Waals surface area contributed by atoms with Gasteiger partial charge in [-0.15, -0.1) is 47.0 Å². The lowest BCUT2D eigenvalue weighted by atomic mass is 9.98. The standard InChI is InChI=1S/C13H28S12/c1-7(19)9(13(24-5-17)25-6-18)10(21)12(23-4-16)11(22-3-15)8(20)2-14/h7-21H,2-6H2,1H3. The van der Waals surface area contributed by atoms with Gasteiger partial charge in [0.2, 0.25) is 0 Å². The maximum Gasteiger partial charge on any atom is 0.0568 e. The van der Waals surface area contributed by atoms with Gasteiger partial charge >= 0.3 is 0 Å². The Bertz CT molecular complexity index is 311. The molecule has 0 amide bonds. The molecule has 6 atom stereocenters. The van der Waals surface area contributed by atoms with Crippen molar-refractivity contribution in [2.24, 2.45) is 5.92 Å². The molecular weight excluding hydrogens is 541 g/mol. The molecule has 12 heteroatoms. The average molecular weight is 569 g/mol. The van der Waals surface area contributed by atoms with Gasteiger partial charge in [-0.25, -0.2) is 0 Å². The van der Waals surface area contributed by atoms with Gasteiger partial charge in [-0.2, -0.15) is 101 Å². The summed E-state index contributed by atoms with van der Waals surface area (Å²) in [5.74, 6) is 1.03. The highest BCUT2D eigenvalue weighted by atomic mass is 32.2. The third-order valence-electron chi connectivity index (χ3n) is 3.50. The van der Waals surface area contributed by atoms with E-state index in [-0.39, 0.29) is 21.0 Å². The van der Waals surface area contributed by atoms with Gasteiger partial charge in [0.1, 0.15) is 0 Å². The van der Waals surface area contributed by atoms with Crippen LogP contribution in [0.3, 0.4) is 0 Å². The van der Waals surface area contributed by atoms with Crippen LogP contribution in [0.4, 0.5) is 0 Å². The van der Waals surface area contributed by atoms with Crippen molar-refractivity contribution >= 4 is 148 Å². The summed E-state index contributed by atoms with van der Waals surface area (Å²) in [4.78, 5) is 0. The van der Waals surface area contributed by atoms with Crippen molar-refractivity contribution in [3.8, 4) is 0 Å². The molecule has 0 bridgehead atoms. The Morgan fingerprint density at radius 1 is 0.680 bits per heavy atom. The molecule has 6 unspecified atom stereocenters.